The monoisotopic (exact) mass is 252 g/mol. The van der Waals surface area contributed by atoms with Gasteiger partial charge in [-0.05, 0) is 36.3 Å². The Bertz CT molecular complexity index is 595. The number of methoxy groups -OCH3 is 1. The predicted octanol–water partition coefficient (Wildman–Crippen LogP) is 3.90. The molecule has 0 aliphatic rings. The number of ether oxygens (including phenoxy) is 1. The van der Waals surface area contributed by atoms with Gasteiger partial charge in [-0.15, -0.1) is 0 Å². The Morgan fingerprint density at radius 1 is 1.05 bits per heavy atom. The molecule has 2 rings (SSSR count). The molecule has 0 saturated carbocycles. The Hall–Kier alpha value is -2.35. The van der Waals surface area contributed by atoms with E-state index >= 15 is 0 Å². The quantitative estimate of drug-likeness (QED) is 0.609. The average molecular weight is 252 g/mol. The van der Waals surface area contributed by atoms with Gasteiger partial charge in [-0.25, -0.2) is 0 Å². The Morgan fingerprint density at radius 3 is 2.37 bits per heavy atom. The van der Waals surface area contributed by atoms with Crippen molar-refractivity contribution in [1.82, 2.24) is 0 Å². The van der Waals surface area contributed by atoms with Crippen LogP contribution in [0.4, 0.5) is 0 Å². The van der Waals surface area contributed by atoms with Crippen LogP contribution in [-0.2, 0) is 0 Å². The normalized spacial score (nSPS) is 10.6. The molecule has 0 fully saturated rings. The summed E-state index contributed by atoms with van der Waals surface area (Å²) < 4.78 is 5.09. The van der Waals surface area contributed by atoms with Gasteiger partial charge in [0, 0.05) is 5.56 Å². The van der Waals surface area contributed by atoms with E-state index in [1.54, 1.807) is 13.2 Å². The van der Waals surface area contributed by atoms with E-state index in [1.165, 1.54) is 0 Å². The van der Waals surface area contributed by atoms with Crippen molar-refractivity contribution in [2.75, 3.05) is 7.11 Å². The number of hydrogen-bond donors (Lipinski definition) is 0. The van der Waals surface area contributed by atoms with Gasteiger partial charge >= 0.3 is 0 Å². The van der Waals surface area contributed by atoms with Gasteiger partial charge in [0.25, 0.3) is 0 Å². The third-order valence-electron chi connectivity index (χ3n) is 2.95. The number of aryl methyl sites for hydroxylation is 1. The third kappa shape index (κ3) is 3.32. The third-order valence-corrected chi connectivity index (χ3v) is 2.95. The fourth-order valence-corrected chi connectivity index (χ4v) is 1.83. The predicted molar refractivity (Wildman–Crippen MR) is 77.5 cm³/mol. The van der Waals surface area contributed by atoms with E-state index in [1.807, 2.05) is 61.5 Å². The molecule has 96 valence electrons. The van der Waals surface area contributed by atoms with E-state index in [4.69, 9.17) is 4.74 Å². The number of carbonyl (C=O) groups excluding carboxylic acids is 1. The number of benzene rings is 2. The molecule has 0 amide bonds. The molecule has 0 saturated heterocycles. The molecule has 2 aromatic carbocycles. The molecule has 2 aromatic rings. The van der Waals surface area contributed by atoms with Gasteiger partial charge in [0.1, 0.15) is 5.75 Å². The summed E-state index contributed by atoms with van der Waals surface area (Å²) in [7, 11) is 1.63. The van der Waals surface area contributed by atoms with Gasteiger partial charge in [0.05, 0.1) is 7.11 Å². The van der Waals surface area contributed by atoms with Crippen molar-refractivity contribution in [1.29, 1.82) is 0 Å². The zero-order chi connectivity index (χ0) is 13.7. The van der Waals surface area contributed by atoms with Crippen LogP contribution in [0.5, 0.6) is 5.75 Å². The van der Waals surface area contributed by atoms with Crippen LogP contribution in [0.1, 0.15) is 21.5 Å². The highest BCUT2D eigenvalue weighted by Crippen LogP contribution is 2.13. The highest BCUT2D eigenvalue weighted by atomic mass is 16.5. The smallest absolute Gasteiger partial charge is 0.186 e. The zero-order valence-electron chi connectivity index (χ0n) is 11.1. The summed E-state index contributed by atoms with van der Waals surface area (Å²) in [6, 6.07) is 15.2. The molecule has 19 heavy (non-hydrogen) atoms. The second-order valence-corrected chi connectivity index (χ2v) is 4.29. The van der Waals surface area contributed by atoms with Crippen LogP contribution in [0, 0.1) is 6.92 Å². The molecule has 0 unspecified atom stereocenters. The SMILES string of the molecule is COc1ccc(/C=C/C(=O)c2ccccc2C)cc1. The van der Waals surface area contributed by atoms with Gasteiger partial charge in [0.15, 0.2) is 5.78 Å². The molecule has 0 heterocycles. The Morgan fingerprint density at radius 2 is 1.74 bits per heavy atom. The molecule has 0 bridgehead atoms. The van der Waals surface area contributed by atoms with Crippen LogP contribution in [0.15, 0.2) is 54.6 Å². The number of rotatable bonds is 4. The van der Waals surface area contributed by atoms with Crippen molar-refractivity contribution in [3.05, 3.63) is 71.3 Å². The lowest BCUT2D eigenvalue weighted by molar-refractivity contribution is 0.104. The number of ketones is 1. The van der Waals surface area contributed by atoms with Gasteiger partial charge in [-0.1, -0.05) is 42.5 Å². The van der Waals surface area contributed by atoms with E-state index in [0.29, 0.717) is 0 Å². The first-order valence-corrected chi connectivity index (χ1v) is 6.13. The van der Waals surface area contributed by atoms with Crippen LogP contribution in [0.2, 0.25) is 0 Å². The molecule has 0 atom stereocenters. The molecule has 0 aliphatic heterocycles. The first-order valence-electron chi connectivity index (χ1n) is 6.13. The van der Waals surface area contributed by atoms with Crippen molar-refractivity contribution >= 4 is 11.9 Å². The molecule has 0 N–H and O–H groups in total. The van der Waals surface area contributed by atoms with Gasteiger partial charge in [-0.2, -0.15) is 0 Å². The van der Waals surface area contributed by atoms with E-state index in [9.17, 15) is 4.79 Å². The largest absolute Gasteiger partial charge is 0.497 e. The van der Waals surface area contributed by atoms with Crippen molar-refractivity contribution in [2.24, 2.45) is 0 Å². The fraction of sp³-hybridized carbons (Fsp3) is 0.118. The van der Waals surface area contributed by atoms with E-state index < -0.39 is 0 Å². The number of allylic oxidation sites excluding steroid dienone is 1. The minimum atomic E-state index is 0.0221. The Labute approximate surface area is 113 Å². The molecule has 2 nitrogen and oxygen atoms in total. The lowest BCUT2D eigenvalue weighted by Gasteiger charge is -2.01. The van der Waals surface area contributed by atoms with Crippen molar-refractivity contribution in [3.8, 4) is 5.75 Å². The summed E-state index contributed by atoms with van der Waals surface area (Å²) in [5.41, 5.74) is 2.71. The summed E-state index contributed by atoms with van der Waals surface area (Å²) >= 11 is 0. The van der Waals surface area contributed by atoms with E-state index in [2.05, 4.69) is 0 Å². The van der Waals surface area contributed by atoms with Crippen LogP contribution in [0.3, 0.4) is 0 Å². The molecule has 0 aromatic heterocycles. The first kappa shape index (κ1) is 13.1. The molecule has 2 heteroatoms. The van der Waals surface area contributed by atoms with Gasteiger partial charge in [-0.3, -0.25) is 4.79 Å². The van der Waals surface area contributed by atoms with Gasteiger partial charge in [0.2, 0.25) is 0 Å². The van der Waals surface area contributed by atoms with Crippen molar-refractivity contribution in [3.63, 3.8) is 0 Å². The maximum atomic E-state index is 12.1. The second-order valence-electron chi connectivity index (χ2n) is 4.29. The molecule has 0 radical (unpaired) electrons. The maximum Gasteiger partial charge on any atom is 0.186 e. The van der Waals surface area contributed by atoms with E-state index in [-0.39, 0.29) is 5.78 Å². The van der Waals surface area contributed by atoms with E-state index in [0.717, 1.165) is 22.4 Å². The van der Waals surface area contributed by atoms with Crippen LogP contribution in [0.25, 0.3) is 6.08 Å². The van der Waals surface area contributed by atoms with Crippen LogP contribution < -0.4 is 4.74 Å². The van der Waals surface area contributed by atoms with Crippen LogP contribution in [-0.4, -0.2) is 12.9 Å². The molecular weight excluding hydrogens is 236 g/mol. The molecular formula is C17H16O2. The van der Waals surface area contributed by atoms with Crippen molar-refractivity contribution < 1.29 is 9.53 Å². The topological polar surface area (TPSA) is 26.3 Å². The lowest BCUT2D eigenvalue weighted by Crippen LogP contribution is -1.96. The highest BCUT2D eigenvalue weighted by molar-refractivity contribution is 6.07. The number of hydrogen-bond acceptors (Lipinski definition) is 2. The Kier molecular flexibility index (Phi) is 4.14. The summed E-state index contributed by atoms with van der Waals surface area (Å²) in [5, 5.41) is 0. The highest BCUT2D eigenvalue weighted by Gasteiger charge is 2.03. The molecule has 0 spiro atoms. The summed E-state index contributed by atoms with van der Waals surface area (Å²) in [5.74, 6) is 0.830. The van der Waals surface area contributed by atoms with Gasteiger partial charge < -0.3 is 4.74 Å². The summed E-state index contributed by atoms with van der Waals surface area (Å²) in [4.78, 5) is 12.1. The van der Waals surface area contributed by atoms with Crippen LogP contribution >= 0.6 is 0 Å². The summed E-state index contributed by atoms with van der Waals surface area (Å²) in [6.07, 6.45) is 3.42. The fourth-order valence-electron chi connectivity index (χ4n) is 1.83. The van der Waals surface area contributed by atoms with Crippen molar-refractivity contribution in [2.45, 2.75) is 6.92 Å². The average Bonchev–Trinajstić information content (AvgIpc) is 2.46. The zero-order valence-corrected chi connectivity index (χ0v) is 11.1. The standard InChI is InChI=1S/C17H16O2/c1-13-5-3-4-6-16(13)17(18)12-9-14-7-10-15(19-2)11-8-14/h3-12H,1-2H3/b12-9+. The minimum absolute atomic E-state index is 0.0221. The lowest BCUT2D eigenvalue weighted by atomic mass is 10.0. The second kappa shape index (κ2) is 6.01. The first-order chi connectivity index (χ1) is 9.20. The summed E-state index contributed by atoms with van der Waals surface area (Å²) in [6.45, 7) is 1.94. The number of carbonyl (C=O) groups is 1. The molecule has 0 aliphatic carbocycles. The minimum Gasteiger partial charge on any atom is -0.497 e. The maximum absolute atomic E-state index is 12.1. The Balaban J connectivity index is 2.14.